The van der Waals surface area contributed by atoms with Gasteiger partial charge in [0.05, 0.1) is 0 Å². The summed E-state index contributed by atoms with van der Waals surface area (Å²) in [4.78, 5) is 11.4. The van der Waals surface area contributed by atoms with Crippen LogP contribution in [0.2, 0.25) is 0 Å². The Bertz CT molecular complexity index is 151. The molecule has 0 saturated heterocycles. The van der Waals surface area contributed by atoms with Gasteiger partial charge in [0.25, 0.3) is 0 Å². The van der Waals surface area contributed by atoms with Crippen LogP contribution in [0, 0.1) is 11.3 Å². The molecule has 0 unspecified atom stereocenters. The monoisotopic (exact) mass is 184 g/mol. The lowest BCUT2D eigenvalue weighted by Gasteiger charge is -2.16. The SMILES string of the molecule is CC(C)CCCC(=O)CC(C)(C)C. The van der Waals surface area contributed by atoms with Crippen molar-refractivity contribution in [3.8, 4) is 0 Å². The number of carbonyl (C=O) groups excluding carboxylic acids is 1. The third kappa shape index (κ3) is 9.59. The van der Waals surface area contributed by atoms with Crippen LogP contribution in [0.25, 0.3) is 0 Å². The van der Waals surface area contributed by atoms with Crippen LogP contribution in [0.4, 0.5) is 0 Å². The van der Waals surface area contributed by atoms with E-state index in [1.165, 1.54) is 6.42 Å². The van der Waals surface area contributed by atoms with E-state index in [0.29, 0.717) is 5.78 Å². The third-order valence-electron chi connectivity index (χ3n) is 1.96. The highest BCUT2D eigenvalue weighted by Gasteiger charge is 2.15. The van der Waals surface area contributed by atoms with Crippen molar-refractivity contribution >= 4 is 5.78 Å². The Morgan fingerprint density at radius 3 is 2.15 bits per heavy atom. The third-order valence-corrected chi connectivity index (χ3v) is 1.96. The van der Waals surface area contributed by atoms with E-state index in [9.17, 15) is 4.79 Å². The number of hydrogen-bond donors (Lipinski definition) is 0. The normalized spacial score (nSPS) is 12.2. The molecule has 0 radical (unpaired) electrons. The fourth-order valence-corrected chi connectivity index (χ4v) is 1.39. The van der Waals surface area contributed by atoms with E-state index < -0.39 is 0 Å². The molecule has 1 nitrogen and oxygen atoms in total. The highest BCUT2D eigenvalue weighted by atomic mass is 16.1. The fraction of sp³-hybridized carbons (Fsp3) is 0.917. The first-order valence-corrected chi connectivity index (χ1v) is 5.33. The largest absolute Gasteiger partial charge is 0.300 e. The van der Waals surface area contributed by atoms with Gasteiger partial charge in [0, 0.05) is 12.8 Å². The van der Waals surface area contributed by atoms with E-state index in [-0.39, 0.29) is 5.41 Å². The van der Waals surface area contributed by atoms with Gasteiger partial charge >= 0.3 is 0 Å². The Labute approximate surface area is 82.9 Å². The van der Waals surface area contributed by atoms with Crippen molar-refractivity contribution < 1.29 is 4.79 Å². The molecule has 0 rings (SSSR count). The summed E-state index contributed by atoms with van der Waals surface area (Å²) in [6.07, 6.45) is 3.74. The smallest absolute Gasteiger partial charge is 0.133 e. The zero-order chi connectivity index (χ0) is 10.5. The summed E-state index contributed by atoms with van der Waals surface area (Å²) in [5.74, 6) is 1.15. The first kappa shape index (κ1) is 12.7. The molecular formula is C12H24O. The summed E-state index contributed by atoms with van der Waals surface area (Å²) in [5, 5.41) is 0. The zero-order valence-electron chi connectivity index (χ0n) is 9.81. The first-order valence-electron chi connectivity index (χ1n) is 5.33. The van der Waals surface area contributed by atoms with Gasteiger partial charge in [-0.1, -0.05) is 41.0 Å². The van der Waals surface area contributed by atoms with Crippen LogP contribution in [-0.2, 0) is 4.79 Å². The van der Waals surface area contributed by atoms with Gasteiger partial charge in [0.1, 0.15) is 5.78 Å². The van der Waals surface area contributed by atoms with E-state index in [1.54, 1.807) is 0 Å². The van der Waals surface area contributed by atoms with E-state index in [1.807, 2.05) is 0 Å². The fourth-order valence-electron chi connectivity index (χ4n) is 1.39. The zero-order valence-corrected chi connectivity index (χ0v) is 9.81. The highest BCUT2D eigenvalue weighted by molar-refractivity contribution is 5.78. The Kier molecular flexibility index (Phi) is 5.27. The predicted molar refractivity (Wildman–Crippen MR) is 57.8 cm³/mol. The van der Waals surface area contributed by atoms with Crippen molar-refractivity contribution in [2.45, 2.75) is 60.3 Å². The molecule has 0 aromatic heterocycles. The quantitative estimate of drug-likeness (QED) is 0.635. The molecule has 1 heteroatoms. The Hall–Kier alpha value is -0.330. The van der Waals surface area contributed by atoms with Gasteiger partial charge in [-0.15, -0.1) is 0 Å². The second-order valence-electron chi connectivity index (χ2n) is 5.56. The van der Waals surface area contributed by atoms with Crippen LogP contribution >= 0.6 is 0 Å². The maximum absolute atomic E-state index is 11.4. The molecule has 0 spiro atoms. The molecule has 13 heavy (non-hydrogen) atoms. The minimum atomic E-state index is 0.162. The van der Waals surface area contributed by atoms with Crippen LogP contribution in [0.5, 0.6) is 0 Å². The van der Waals surface area contributed by atoms with E-state index >= 15 is 0 Å². The van der Waals surface area contributed by atoms with Crippen molar-refractivity contribution in [3.63, 3.8) is 0 Å². The van der Waals surface area contributed by atoms with Crippen molar-refractivity contribution in [1.82, 2.24) is 0 Å². The van der Waals surface area contributed by atoms with Crippen molar-refractivity contribution in [2.75, 3.05) is 0 Å². The molecule has 0 amide bonds. The lowest BCUT2D eigenvalue weighted by molar-refractivity contribution is -0.120. The van der Waals surface area contributed by atoms with Gasteiger partial charge in [0.15, 0.2) is 0 Å². The Balaban J connectivity index is 3.53. The number of Topliss-reactive ketones (excluding diaryl/α,β-unsaturated/α-hetero) is 1. The summed E-state index contributed by atoms with van der Waals surface area (Å²) < 4.78 is 0. The maximum Gasteiger partial charge on any atom is 0.133 e. The van der Waals surface area contributed by atoms with Gasteiger partial charge in [-0.25, -0.2) is 0 Å². The summed E-state index contributed by atoms with van der Waals surface area (Å²) in [5.41, 5.74) is 0.162. The van der Waals surface area contributed by atoms with Gasteiger partial charge in [0.2, 0.25) is 0 Å². The van der Waals surface area contributed by atoms with E-state index in [0.717, 1.165) is 25.2 Å². The van der Waals surface area contributed by atoms with Crippen LogP contribution in [0.15, 0.2) is 0 Å². The second-order valence-corrected chi connectivity index (χ2v) is 5.56. The number of ketones is 1. The summed E-state index contributed by atoms with van der Waals surface area (Å²) in [7, 11) is 0. The van der Waals surface area contributed by atoms with Crippen molar-refractivity contribution in [3.05, 3.63) is 0 Å². The minimum Gasteiger partial charge on any atom is -0.300 e. The molecule has 0 fully saturated rings. The van der Waals surface area contributed by atoms with Gasteiger partial charge in [-0.3, -0.25) is 4.79 Å². The highest BCUT2D eigenvalue weighted by Crippen LogP contribution is 2.20. The standard InChI is InChI=1S/C12H24O/c1-10(2)7-6-8-11(13)9-12(3,4)5/h10H,6-9H2,1-5H3. The van der Waals surface area contributed by atoms with Gasteiger partial charge < -0.3 is 0 Å². The van der Waals surface area contributed by atoms with E-state index in [4.69, 9.17) is 0 Å². The average molecular weight is 184 g/mol. The van der Waals surface area contributed by atoms with Gasteiger partial charge in [-0.05, 0) is 17.8 Å². The number of hydrogen-bond acceptors (Lipinski definition) is 1. The molecule has 78 valence electrons. The molecule has 0 aromatic rings. The number of rotatable bonds is 5. The molecule has 0 aliphatic carbocycles. The average Bonchev–Trinajstić information content (AvgIpc) is 1.81. The summed E-state index contributed by atoms with van der Waals surface area (Å²) >= 11 is 0. The van der Waals surface area contributed by atoms with Crippen LogP contribution < -0.4 is 0 Å². The predicted octanol–water partition coefficient (Wildman–Crippen LogP) is 3.82. The molecule has 0 N–H and O–H groups in total. The van der Waals surface area contributed by atoms with Crippen LogP contribution in [0.1, 0.15) is 60.3 Å². The van der Waals surface area contributed by atoms with Crippen molar-refractivity contribution in [1.29, 1.82) is 0 Å². The molecule has 0 aliphatic rings. The molecule has 0 bridgehead atoms. The number of carbonyl (C=O) groups is 1. The molecule has 0 aromatic carbocycles. The molecule has 0 saturated carbocycles. The molecular weight excluding hydrogens is 160 g/mol. The minimum absolute atomic E-state index is 0.162. The summed E-state index contributed by atoms with van der Waals surface area (Å²) in [6.45, 7) is 10.8. The lowest BCUT2D eigenvalue weighted by Crippen LogP contribution is -2.12. The maximum atomic E-state index is 11.4. The van der Waals surface area contributed by atoms with Crippen molar-refractivity contribution in [2.24, 2.45) is 11.3 Å². The lowest BCUT2D eigenvalue weighted by atomic mass is 9.88. The second kappa shape index (κ2) is 5.41. The molecule has 0 heterocycles. The Morgan fingerprint density at radius 2 is 1.77 bits per heavy atom. The molecule has 0 atom stereocenters. The molecule has 0 aliphatic heterocycles. The van der Waals surface area contributed by atoms with E-state index in [2.05, 4.69) is 34.6 Å². The van der Waals surface area contributed by atoms with Crippen LogP contribution in [0.3, 0.4) is 0 Å². The first-order chi connectivity index (χ1) is 5.81. The summed E-state index contributed by atoms with van der Waals surface area (Å²) in [6, 6.07) is 0. The van der Waals surface area contributed by atoms with Crippen LogP contribution in [-0.4, -0.2) is 5.78 Å². The van der Waals surface area contributed by atoms with Gasteiger partial charge in [-0.2, -0.15) is 0 Å². The topological polar surface area (TPSA) is 17.1 Å². The Morgan fingerprint density at radius 1 is 1.23 bits per heavy atom.